The first kappa shape index (κ1) is 18.9. The number of nitrogens with one attached hydrogen (secondary N) is 1. The molecule has 1 unspecified atom stereocenters. The van der Waals surface area contributed by atoms with Crippen LogP contribution in [0.2, 0.25) is 0 Å². The van der Waals surface area contributed by atoms with Crippen LogP contribution in [0.5, 0.6) is 0 Å². The van der Waals surface area contributed by atoms with Crippen LogP contribution in [0.15, 0.2) is 35.1 Å². The molecule has 4 rings (SSSR count). The summed E-state index contributed by atoms with van der Waals surface area (Å²) in [7, 11) is 0. The molecule has 148 valence electrons. The number of fused-ring (bicyclic) bond motifs is 3. The fourth-order valence-corrected chi connectivity index (χ4v) is 4.40. The quantitative estimate of drug-likeness (QED) is 0.669. The fourth-order valence-electron chi connectivity index (χ4n) is 4.40. The van der Waals surface area contributed by atoms with E-state index in [4.69, 9.17) is 5.41 Å². The van der Waals surface area contributed by atoms with Gasteiger partial charge in [0.15, 0.2) is 0 Å². The van der Waals surface area contributed by atoms with Gasteiger partial charge < -0.3 is 20.0 Å². The number of rotatable bonds is 5. The van der Waals surface area contributed by atoms with Crippen molar-refractivity contribution in [3.05, 3.63) is 51.8 Å². The number of piperidine rings is 1. The number of benzene rings is 1. The Hall–Kier alpha value is -2.44. The molecule has 0 aliphatic carbocycles. The molecule has 1 aliphatic heterocycles. The summed E-state index contributed by atoms with van der Waals surface area (Å²) in [4.78, 5) is 15.1. The summed E-state index contributed by atoms with van der Waals surface area (Å²) in [5, 5.41) is 18.7. The number of aliphatic hydroxyl groups excluding tert-OH is 1. The molecule has 1 saturated heterocycles. The fraction of sp³-hybridized carbons (Fsp3) is 0.455. The summed E-state index contributed by atoms with van der Waals surface area (Å²) < 4.78 is 3.67. The highest BCUT2D eigenvalue weighted by atomic mass is 16.3. The van der Waals surface area contributed by atoms with E-state index >= 15 is 0 Å². The molecule has 0 saturated carbocycles. The molecule has 1 fully saturated rings. The average molecular weight is 380 g/mol. The van der Waals surface area contributed by atoms with E-state index in [9.17, 15) is 9.90 Å². The van der Waals surface area contributed by atoms with Crippen LogP contribution in [0.4, 0.5) is 0 Å². The van der Waals surface area contributed by atoms with Crippen LogP contribution >= 0.6 is 0 Å². The molecule has 0 bridgehead atoms. The van der Waals surface area contributed by atoms with Gasteiger partial charge in [0.25, 0.3) is 5.56 Å². The van der Waals surface area contributed by atoms with Gasteiger partial charge >= 0.3 is 0 Å². The highest BCUT2D eigenvalue weighted by molar-refractivity contribution is 5.93. The Kier molecular flexibility index (Phi) is 5.08. The molecular formula is C22H28N4O2. The van der Waals surface area contributed by atoms with Crippen molar-refractivity contribution in [1.29, 1.82) is 5.41 Å². The van der Waals surface area contributed by atoms with E-state index in [0.29, 0.717) is 18.7 Å². The Labute approximate surface area is 164 Å². The minimum Gasteiger partial charge on any atom is -0.390 e. The summed E-state index contributed by atoms with van der Waals surface area (Å²) in [6, 6.07) is 9.32. The lowest BCUT2D eigenvalue weighted by atomic mass is 9.99. The normalized spacial score (nSPS) is 17.4. The highest BCUT2D eigenvalue weighted by Crippen LogP contribution is 2.24. The maximum Gasteiger partial charge on any atom is 0.257 e. The van der Waals surface area contributed by atoms with Crippen LogP contribution in [0.1, 0.15) is 30.9 Å². The van der Waals surface area contributed by atoms with E-state index in [-0.39, 0.29) is 5.56 Å². The van der Waals surface area contributed by atoms with Gasteiger partial charge in [-0.2, -0.15) is 0 Å². The van der Waals surface area contributed by atoms with E-state index in [2.05, 4.69) is 11.8 Å². The molecule has 1 atom stereocenters. The zero-order valence-electron chi connectivity index (χ0n) is 16.6. The minimum absolute atomic E-state index is 0.104. The number of aromatic nitrogens is 2. The highest BCUT2D eigenvalue weighted by Gasteiger charge is 2.21. The number of para-hydroxylation sites is 2. The SMILES string of the molecule is Cc1cc(=O)n2c3ccccc3n(CC(O)CN3CCC(C)CC3)c2c1C=N. The second-order valence-electron chi connectivity index (χ2n) is 8.12. The van der Waals surface area contributed by atoms with Gasteiger partial charge in [0.2, 0.25) is 0 Å². The first-order valence-corrected chi connectivity index (χ1v) is 10.0. The lowest BCUT2D eigenvalue weighted by molar-refractivity contribution is 0.0816. The number of imidazole rings is 1. The Morgan fingerprint density at radius 2 is 1.89 bits per heavy atom. The molecule has 2 N–H and O–H groups in total. The molecule has 0 spiro atoms. The largest absolute Gasteiger partial charge is 0.390 e. The van der Waals surface area contributed by atoms with Crippen LogP contribution in [-0.4, -0.2) is 50.9 Å². The van der Waals surface area contributed by atoms with Gasteiger partial charge in [-0.15, -0.1) is 0 Å². The van der Waals surface area contributed by atoms with Crippen molar-refractivity contribution in [2.45, 2.75) is 39.3 Å². The number of hydrogen-bond donors (Lipinski definition) is 2. The number of hydrogen-bond acceptors (Lipinski definition) is 4. The van der Waals surface area contributed by atoms with Crippen LogP contribution in [0.3, 0.4) is 0 Å². The minimum atomic E-state index is -0.540. The second-order valence-corrected chi connectivity index (χ2v) is 8.12. The Bertz CT molecular complexity index is 1070. The summed E-state index contributed by atoms with van der Waals surface area (Å²) in [5.74, 6) is 0.760. The van der Waals surface area contributed by atoms with Crippen LogP contribution in [0.25, 0.3) is 16.7 Å². The van der Waals surface area contributed by atoms with Gasteiger partial charge in [-0.25, -0.2) is 0 Å². The molecule has 6 nitrogen and oxygen atoms in total. The lowest BCUT2D eigenvalue weighted by Crippen LogP contribution is -2.39. The van der Waals surface area contributed by atoms with Crippen LogP contribution in [-0.2, 0) is 6.54 Å². The van der Waals surface area contributed by atoms with Gasteiger partial charge in [0.05, 0.1) is 23.7 Å². The molecule has 28 heavy (non-hydrogen) atoms. The molecule has 3 aromatic rings. The van der Waals surface area contributed by atoms with Crippen molar-refractivity contribution in [3.8, 4) is 0 Å². The maximum atomic E-state index is 12.7. The number of β-amino-alcohol motifs (C(OH)–C–C–N with tert-alkyl or cyclic N) is 1. The van der Waals surface area contributed by atoms with Crippen LogP contribution in [0, 0.1) is 18.3 Å². The van der Waals surface area contributed by atoms with E-state index in [1.807, 2.05) is 35.8 Å². The van der Waals surface area contributed by atoms with Crippen LogP contribution < -0.4 is 5.56 Å². The van der Waals surface area contributed by atoms with Crippen molar-refractivity contribution in [2.75, 3.05) is 19.6 Å². The predicted molar refractivity (Wildman–Crippen MR) is 113 cm³/mol. The summed E-state index contributed by atoms with van der Waals surface area (Å²) in [6.07, 6.45) is 3.11. The van der Waals surface area contributed by atoms with Gasteiger partial charge in [-0.1, -0.05) is 19.1 Å². The van der Waals surface area contributed by atoms with E-state index < -0.39 is 6.10 Å². The molecule has 2 aromatic heterocycles. The number of aliphatic hydroxyl groups is 1. The third-order valence-corrected chi connectivity index (χ3v) is 5.99. The molecule has 3 heterocycles. The zero-order valence-corrected chi connectivity index (χ0v) is 16.6. The molecule has 1 aliphatic rings. The van der Waals surface area contributed by atoms with E-state index in [0.717, 1.165) is 41.2 Å². The molecule has 6 heteroatoms. The maximum absolute atomic E-state index is 12.7. The van der Waals surface area contributed by atoms with Gasteiger partial charge in [0, 0.05) is 24.4 Å². The number of pyridine rings is 1. The van der Waals surface area contributed by atoms with Gasteiger partial charge in [0.1, 0.15) is 5.65 Å². The Morgan fingerprint density at radius 1 is 1.21 bits per heavy atom. The third-order valence-electron chi connectivity index (χ3n) is 5.99. The first-order valence-electron chi connectivity index (χ1n) is 10.0. The van der Waals surface area contributed by atoms with Gasteiger partial charge in [-0.3, -0.25) is 9.20 Å². The van der Waals surface area contributed by atoms with Crippen molar-refractivity contribution >= 4 is 22.9 Å². The molecule has 1 aromatic carbocycles. The second kappa shape index (κ2) is 7.53. The van der Waals surface area contributed by atoms with Crippen molar-refractivity contribution in [1.82, 2.24) is 13.9 Å². The zero-order chi connectivity index (χ0) is 19.8. The average Bonchev–Trinajstić information content (AvgIpc) is 2.99. The molecule has 0 amide bonds. The standard InChI is InChI=1S/C22H28N4O2/c1-15-7-9-24(10-8-15)13-17(27)14-25-19-5-3-4-6-20(19)26-21(28)11-16(2)18(12-23)22(25)26/h3-6,11-12,15,17,23,27H,7-10,13-14H2,1-2H3. The molecule has 0 radical (unpaired) electrons. The smallest absolute Gasteiger partial charge is 0.257 e. The monoisotopic (exact) mass is 380 g/mol. The summed E-state index contributed by atoms with van der Waals surface area (Å²) >= 11 is 0. The first-order chi connectivity index (χ1) is 13.5. The number of likely N-dealkylation sites (tertiary alicyclic amines) is 1. The number of aryl methyl sites for hydroxylation is 1. The summed E-state index contributed by atoms with van der Waals surface area (Å²) in [5.41, 5.74) is 3.79. The van der Waals surface area contributed by atoms with E-state index in [1.54, 1.807) is 10.5 Å². The Morgan fingerprint density at radius 3 is 2.57 bits per heavy atom. The third kappa shape index (κ3) is 3.27. The van der Waals surface area contributed by atoms with Crippen molar-refractivity contribution in [2.24, 2.45) is 5.92 Å². The van der Waals surface area contributed by atoms with E-state index in [1.165, 1.54) is 19.1 Å². The predicted octanol–water partition coefficient (Wildman–Crippen LogP) is 2.65. The van der Waals surface area contributed by atoms with Gasteiger partial charge in [-0.05, 0) is 56.5 Å². The van der Waals surface area contributed by atoms with Crippen molar-refractivity contribution < 1.29 is 5.11 Å². The number of nitrogens with zero attached hydrogens (tertiary/aromatic N) is 3. The molecular weight excluding hydrogens is 352 g/mol. The van der Waals surface area contributed by atoms with Crippen molar-refractivity contribution in [3.63, 3.8) is 0 Å². The summed E-state index contributed by atoms with van der Waals surface area (Å²) in [6.45, 7) is 7.21. The lowest BCUT2D eigenvalue weighted by Gasteiger charge is -2.31. The Balaban J connectivity index is 1.77. The topological polar surface area (TPSA) is 73.7 Å².